The van der Waals surface area contributed by atoms with Gasteiger partial charge in [0.25, 0.3) is 0 Å². The van der Waals surface area contributed by atoms with Crippen molar-refractivity contribution in [1.29, 1.82) is 0 Å². The van der Waals surface area contributed by atoms with E-state index in [1.165, 1.54) is 11.3 Å². The van der Waals surface area contributed by atoms with Crippen LogP contribution in [-0.4, -0.2) is 35.6 Å². The molecule has 0 aliphatic carbocycles. The van der Waals surface area contributed by atoms with Crippen molar-refractivity contribution in [1.82, 2.24) is 15.1 Å². The lowest BCUT2D eigenvalue weighted by Crippen LogP contribution is -2.40. The maximum absolute atomic E-state index is 5.51. The van der Waals surface area contributed by atoms with Crippen molar-refractivity contribution in [2.75, 3.05) is 19.8 Å². The summed E-state index contributed by atoms with van der Waals surface area (Å²) in [5.41, 5.74) is 3.74. The molecular formula is C14H25N3O. The first-order valence-corrected chi connectivity index (χ1v) is 6.95. The first kappa shape index (κ1) is 13.6. The van der Waals surface area contributed by atoms with Crippen molar-refractivity contribution in [2.45, 2.75) is 46.7 Å². The fourth-order valence-electron chi connectivity index (χ4n) is 2.66. The molecule has 2 rings (SSSR count). The molecule has 1 aromatic heterocycles. The van der Waals surface area contributed by atoms with Gasteiger partial charge in [-0.05, 0) is 39.3 Å². The lowest BCUT2D eigenvalue weighted by molar-refractivity contribution is 0.173. The molecule has 4 nitrogen and oxygen atoms in total. The molecule has 0 bridgehead atoms. The molecule has 0 saturated carbocycles. The molecule has 1 saturated heterocycles. The van der Waals surface area contributed by atoms with Crippen LogP contribution in [0, 0.1) is 26.7 Å². The average Bonchev–Trinajstić information content (AvgIpc) is 2.95. The minimum Gasteiger partial charge on any atom is -0.381 e. The summed E-state index contributed by atoms with van der Waals surface area (Å²) in [6.45, 7) is 12.3. The fourth-order valence-corrected chi connectivity index (χ4v) is 2.66. The largest absolute Gasteiger partial charge is 0.381 e. The van der Waals surface area contributed by atoms with Crippen molar-refractivity contribution in [2.24, 2.45) is 5.92 Å². The lowest BCUT2D eigenvalue weighted by atomic mass is 9.99. The van der Waals surface area contributed by atoms with Gasteiger partial charge in [-0.15, -0.1) is 0 Å². The van der Waals surface area contributed by atoms with Gasteiger partial charge in [-0.2, -0.15) is 5.10 Å². The van der Waals surface area contributed by atoms with Crippen LogP contribution < -0.4 is 5.32 Å². The zero-order valence-corrected chi connectivity index (χ0v) is 12.0. The number of nitrogens with zero attached hydrogens (tertiary/aromatic N) is 2. The summed E-state index contributed by atoms with van der Waals surface area (Å²) in [5.74, 6) is 0.620. The van der Waals surface area contributed by atoms with Gasteiger partial charge in [0.05, 0.1) is 18.8 Å². The molecule has 2 unspecified atom stereocenters. The Kier molecular flexibility index (Phi) is 4.40. The lowest BCUT2D eigenvalue weighted by Gasteiger charge is -2.23. The normalized spacial score (nSPS) is 21.4. The van der Waals surface area contributed by atoms with E-state index in [-0.39, 0.29) is 0 Å². The highest BCUT2D eigenvalue weighted by Crippen LogP contribution is 2.19. The smallest absolute Gasteiger partial charge is 0.0625 e. The van der Waals surface area contributed by atoms with Crippen LogP contribution in [0.4, 0.5) is 0 Å². The summed E-state index contributed by atoms with van der Waals surface area (Å²) < 4.78 is 7.66. The molecule has 1 N–H and O–H groups in total. The summed E-state index contributed by atoms with van der Waals surface area (Å²) in [4.78, 5) is 0. The molecular weight excluding hydrogens is 226 g/mol. The third-order valence-electron chi connectivity index (χ3n) is 4.11. The van der Waals surface area contributed by atoms with Gasteiger partial charge in [-0.3, -0.25) is 4.68 Å². The first-order valence-electron chi connectivity index (χ1n) is 6.95. The second kappa shape index (κ2) is 5.85. The summed E-state index contributed by atoms with van der Waals surface area (Å²) in [6, 6.07) is 0.468. The first-order chi connectivity index (χ1) is 8.63. The Bertz CT molecular complexity index is 394. The Labute approximate surface area is 110 Å². The second-order valence-corrected chi connectivity index (χ2v) is 5.27. The molecule has 18 heavy (non-hydrogen) atoms. The van der Waals surface area contributed by atoms with Gasteiger partial charge >= 0.3 is 0 Å². The van der Waals surface area contributed by atoms with Gasteiger partial charge < -0.3 is 10.1 Å². The van der Waals surface area contributed by atoms with E-state index in [0.29, 0.717) is 12.0 Å². The summed E-state index contributed by atoms with van der Waals surface area (Å²) in [6.07, 6.45) is 1.16. The molecule has 1 aliphatic heterocycles. The average molecular weight is 251 g/mol. The molecule has 0 aromatic carbocycles. The topological polar surface area (TPSA) is 39.1 Å². The molecule has 1 aromatic rings. The SMILES string of the molecule is CCNC(Cn1nc(C)c(C)c1C)C1CCOC1. The Balaban J connectivity index is 2.09. The summed E-state index contributed by atoms with van der Waals surface area (Å²) in [5, 5.41) is 8.23. The predicted molar refractivity (Wildman–Crippen MR) is 72.8 cm³/mol. The van der Waals surface area contributed by atoms with E-state index in [2.05, 4.69) is 42.8 Å². The number of nitrogens with one attached hydrogen (secondary N) is 1. The van der Waals surface area contributed by atoms with Crippen LogP contribution in [0.3, 0.4) is 0 Å². The fraction of sp³-hybridized carbons (Fsp3) is 0.786. The van der Waals surface area contributed by atoms with Crippen molar-refractivity contribution in [3.05, 3.63) is 17.0 Å². The number of rotatable bonds is 5. The highest BCUT2D eigenvalue weighted by molar-refractivity contribution is 5.22. The highest BCUT2D eigenvalue weighted by Gasteiger charge is 2.26. The van der Waals surface area contributed by atoms with Gasteiger partial charge in [0.15, 0.2) is 0 Å². The van der Waals surface area contributed by atoms with Gasteiger partial charge in [-0.1, -0.05) is 6.92 Å². The maximum Gasteiger partial charge on any atom is 0.0625 e. The van der Waals surface area contributed by atoms with E-state index >= 15 is 0 Å². The van der Waals surface area contributed by atoms with Gasteiger partial charge in [0.2, 0.25) is 0 Å². The minimum absolute atomic E-state index is 0.468. The number of hydrogen-bond acceptors (Lipinski definition) is 3. The monoisotopic (exact) mass is 251 g/mol. The van der Waals surface area contributed by atoms with Crippen LogP contribution in [-0.2, 0) is 11.3 Å². The van der Waals surface area contributed by atoms with E-state index in [4.69, 9.17) is 4.74 Å². The van der Waals surface area contributed by atoms with Crippen LogP contribution >= 0.6 is 0 Å². The Hall–Kier alpha value is -0.870. The summed E-state index contributed by atoms with van der Waals surface area (Å²) >= 11 is 0. The van der Waals surface area contributed by atoms with Crippen molar-refractivity contribution < 1.29 is 4.74 Å². The van der Waals surface area contributed by atoms with E-state index < -0.39 is 0 Å². The van der Waals surface area contributed by atoms with E-state index in [9.17, 15) is 0 Å². The molecule has 2 heterocycles. The number of likely N-dealkylation sites (N-methyl/N-ethyl adjacent to an activating group) is 1. The zero-order valence-electron chi connectivity index (χ0n) is 12.0. The standard InChI is InChI=1S/C14H25N3O/c1-5-15-14(13-6-7-18-9-13)8-17-12(4)10(2)11(3)16-17/h13-15H,5-9H2,1-4H3. The van der Waals surface area contributed by atoms with Crippen LogP contribution in [0.2, 0.25) is 0 Å². The van der Waals surface area contributed by atoms with Crippen molar-refractivity contribution >= 4 is 0 Å². The van der Waals surface area contributed by atoms with Crippen LogP contribution in [0.25, 0.3) is 0 Å². The van der Waals surface area contributed by atoms with Gasteiger partial charge in [0, 0.05) is 24.3 Å². The molecule has 0 spiro atoms. The van der Waals surface area contributed by atoms with E-state index in [1.54, 1.807) is 0 Å². The van der Waals surface area contributed by atoms with Gasteiger partial charge in [0.1, 0.15) is 0 Å². The number of aromatic nitrogens is 2. The number of hydrogen-bond donors (Lipinski definition) is 1. The molecule has 0 radical (unpaired) electrons. The Morgan fingerprint density at radius 2 is 2.22 bits per heavy atom. The van der Waals surface area contributed by atoms with Crippen LogP contribution in [0.15, 0.2) is 0 Å². The Morgan fingerprint density at radius 3 is 2.72 bits per heavy atom. The molecule has 0 amide bonds. The van der Waals surface area contributed by atoms with Crippen molar-refractivity contribution in [3.63, 3.8) is 0 Å². The molecule has 2 atom stereocenters. The Morgan fingerprint density at radius 1 is 1.44 bits per heavy atom. The minimum atomic E-state index is 0.468. The molecule has 4 heteroatoms. The van der Waals surface area contributed by atoms with Gasteiger partial charge in [-0.25, -0.2) is 0 Å². The molecule has 1 fully saturated rings. The second-order valence-electron chi connectivity index (χ2n) is 5.27. The quantitative estimate of drug-likeness (QED) is 0.867. The molecule has 102 valence electrons. The molecule has 1 aliphatic rings. The third-order valence-corrected chi connectivity index (χ3v) is 4.11. The van der Waals surface area contributed by atoms with Crippen molar-refractivity contribution in [3.8, 4) is 0 Å². The summed E-state index contributed by atoms with van der Waals surface area (Å²) in [7, 11) is 0. The van der Waals surface area contributed by atoms with E-state index in [0.717, 1.165) is 38.4 Å². The van der Waals surface area contributed by atoms with Crippen LogP contribution in [0.5, 0.6) is 0 Å². The maximum atomic E-state index is 5.51. The number of ether oxygens (including phenoxy) is 1. The third kappa shape index (κ3) is 2.75. The van der Waals surface area contributed by atoms with E-state index in [1.807, 2.05) is 0 Å². The zero-order chi connectivity index (χ0) is 13.1. The highest BCUT2D eigenvalue weighted by atomic mass is 16.5. The number of aryl methyl sites for hydroxylation is 1. The van der Waals surface area contributed by atoms with Crippen LogP contribution in [0.1, 0.15) is 30.3 Å². The predicted octanol–water partition coefficient (Wildman–Crippen LogP) is 1.82.